The van der Waals surface area contributed by atoms with Gasteiger partial charge in [0.1, 0.15) is 11.5 Å². The third kappa shape index (κ3) is 3.20. The number of aromatic nitrogens is 4. The van der Waals surface area contributed by atoms with E-state index in [-0.39, 0.29) is 35.5 Å². The smallest absolute Gasteiger partial charge is 0.317 e. The average molecular weight is 440 g/mol. The zero-order valence-corrected chi connectivity index (χ0v) is 18.8. The fourth-order valence-corrected chi connectivity index (χ4v) is 5.25. The number of hydrogen-bond acceptors (Lipinski definition) is 5. The zero-order chi connectivity index (χ0) is 22.6. The molecule has 1 N–H and O–H groups in total. The van der Waals surface area contributed by atoms with Gasteiger partial charge in [-0.1, -0.05) is 0 Å². The Morgan fingerprint density at radius 2 is 1.94 bits per heavy atom. The number of likely N-dealkylation sites (tertiary alicyclic amines) is 1. The van der Waals surface area contributed by atoms with Crippen molar-refractivity contribution in [2.24, 2.45) is 7.05 Å². The molecule has 3 amide bonds. The molecule has 3 aliphatic heterocycles. The van der Waals surface area contributed by atoms with Gasteiger partial charge in [-0.2, -0.15) is 5.10 Å². The van der Waals surface area contributed by atoms with Gasteiger partial charge < -0.3 is 15.1 Å². The van der Waals surface area contributed by atoms with E-state index in [0.717, 1.165) is 24.4 Å². The van der Waals surface area contributed by atoms with Gasteiger partial charge in [-0.3, -0.25) is 18.8 Å². The molecule has 0 bridgehead atoms. The quantitative estimate of drug-likeness (QED) is 0.739. The zero-order valence-electron chi connectivity index (χ0n) is 18.8. The summed E-state index contributed by atoms with van der Waals surface area (Å²) in [7, 11) is 1.74. The van der Waals surface area contributed by atoms with E-state index in [1.54, 1.807) is 33.5 Å². The number of hydrogen-bond donors (Lipinski definition) is 1. The molecule has 10 nitrogen and oxygen atoms in total. The summed E-state index contributed by atoms with van der Waals surface area (Å²) in [5, 5.41) is 7.04. The Kier molecular flexibility index (Phi) is 4.83. The van der Waals surface area contributed by atoms with Crippen LogP contribution in [0, 0.1) is 0 Å². The van der Waals surface area contributed by atoms with Crippen LogP contribution in [0.1, 0.15) is 54.3 Å². The molecule has 1 saturated heterocycles. The summed E-state index contributed by atoms with van der Waals surface area (Å²) >= 11 is 0. The Morgan fingerprint density at radius 3 is 2.66 bits per heavy atom. The van der Waals surface area contributed by atoms with E-state index in [0.29, 0.717) is 43.9 Å². The topological polar surface area (TPSA) is 105 Å². The van der Waals surface area contributed by atoms with Gasteiger partial charge in [0.05, 0.1) is 17.8 Å². The van der Waals surface area contributed by atoms with E-state index in [1.807, 2.05) is 18.7 Å². The first-order valence-corrected chi connectivity index (χ1v) is 11.2. The number of nitrogens with one attached hydrogen (secondary N) is 1. The number of carbonyl (C=O) groups is 2. The van der Waals surface area contributed by atoms with Crippen molar-refractivity contribution >= 4 is 11.9 Å². The number of nitrogens with zero attached hydrogens (tertiary/aromatic N) is 6. The average Bonchev–Trinajstić information content (AvgIpc) is 3.47. The van der Waals surface area contributed by atoms with Gasteiger partial charge in [0.15, 0.2) is 0 Å². The molecular weight excluding hydrogens is 410 g/mol. The Hall–Kier alpha value is -3.17. The Morgan fingerprint density at radius 1 is 1.16 bits per heavy atom. The minimum atomic E-state index is -0.260. The predicted molar refractivity (Wildman–Crippen MR) is 116 cm³/mol. The number of urea groups is 1. The molecule has 10 heteroatoms. The number of aryl methyl sites for hydroxylation is 1. The number of fused-ring (bicyclic) bond motifs is 3. The van der Waals surface area contributed by atoms with Gasteiger partial charge in [-0.05, 0) is 32.8 Å². The number of carbonyl (C=O) groups excluding carboxylic acids is 2. The van der Waals surface area contributed by atoms with Crippen LogP contribution in [0.5, 0.6) is 0 Å². The van der Waals surface area contributed by atoms with Crippen LogP contribution in [0.25, 0.3) is 0 Å². The highest BCUT2D eigenvalue weighted by Gasteiger charge is 2.48. The predicted octanol–water partition coefficient (Wildman–Crippen LogP) is 0.641. The van der Waals surface area contributed by atoms with Gasteiger partial charge in [0.25, 0.3) is 11.5 Å². The van der Waals surface area contributed by atoms with Crippen molar-refractivity contribution in [3.05, 3.63) is 45.4 Å². The highest BCUT2D eigenvalue weighted by Crippen LogP contribution is 2.41. The van der Waals surface area contributed by atoms with Gasteiger partial charge in [-0.15, -0.1) is 0 Å². The van der Waals surface area contributed by atoms with E-state index in [1.165, 1.54) is 0 Å². The molecule has 0 radical (unpaired) electrons. The van der Waals surface area contributed by atoms with E-state index in [2.05, 4.69) is 10.4 Å². The van der Waals surface area contributed by atoms with Crippen molar-refractivity contribution in [1.82, 2.24) is 34.4 Å². The minimum absolute atomic E-state index is 0.0468. The molecule has 170 valence electrons. The van der Waals surface area contributed by atoms with Crippen LogP contribution in [-0.2, 0) is 32.0 Å². The van der Waals surface area contributed by atoms with Crippen molar-refractivity contribution < 1.29 is 9.59 Å². The van der Waals surface area contributed by atoms with Gasteiger partial charge in [-0.25, -0.2) is 9.78 Å². The summed E-state index contributed by atoms with van der Waals surface area (Å²) in [4.78, 5) is 47.3. The van der Waals surface area contributed by atoms with E-state index >= 15 is 0 Å². The van der Waals surface area contributed by atoms with Crippen LogP contribution in [0.3, 0.4) is 0 Å². The molecule has 1 spiro atoms. The molecule has 1 fully saturated rings. The van der Waals surface area contributed by atoms with Crippen molar-refractivity contribution in [1.29, 1.82) is 0 Å². The fraction of sp³-hybridized carbons (Fsp3) is 0.591. The summed E-state index contributed by atoms with van der Waals surface area (Å²) < 4.78 is 3.33. The summed E-state index contributed by atoms with van der Waals surface area (Å²) in [6.07, 6.45) is 3.77. The second-order valence-corrected chi connectivity index (χ2v) is 9.44. The lowest BCUT2D eigenvalue weighted by Crippen LogP contribution is -2.44. The van der Waals surface area contributed by atoms with E-state index in [9.17, 15) is 14.4 Å². The monoisotopic (exact) mass is 439 g/mol. The lowest BCUT2D eigenvalue weighted by molar-refractivity contribution is 0.0720. The molecular formula is C22H29N7O3. The number of rotatable bonds is 2. The minimum Gasteiger partial charge on any atom is -0.336 e. The van der Waals surface area contributed by atoms with Crippen LogP contribution >= 0.6 is 0 Å². The molecule has 2 aromatic rings. The SMILES string of the molecule is CC(C)NC(=O)N1CC[C@@]2(CCn3c2nc2c(c3=O)CN(C(=O)c3ccnn3C)CC2)C1. The third-order valence-electron chi connectivity index (χ3n) is 6.98. The summed E-state index contributed by atoms with van der Waals surface area (Å²) in [5.74, 6) is 0.687. The molecule has 0 aromatic carbocycles. The molecule has 1 atom stereocenters. The fourth-order valence-electron chi connectivity index (χ4n) is 5.25. The normalized spacial score (nSPS) is 21.9. The highest BCUT2D eigenvalue weighted by molar-refractivity contribution is 5.92. The molecule has 0 aliphatic carbocycles. The van der Waals surface area contributed by atoms with Crippen LogP contribution in [0.4, 0.5) is 4.79 Å². The molecule has 5 rings (SSSR count). The molecule has 32 heavy (non-hydrogen) atoms. The molecule has 2 aromatic heterocycles. The standard InChI is InChI=1S/C22H29N7O3/c1-14(2)24-21(32)28-10-6-22(13-28)7-11-29-18(30)15-12-27(9-5-16(15)25-20(22)29)19(31)17-4-8-23-26(17)3/h4,8,14H,5-7,9-13H2,1-3H3,(H,24,32)/t22-/m1/s1. The molecule has 5 heterocycles. The maximum atomic E-state index is 13.4. The maximum Gasteiger partial charge on any atom is 0.317 e. The Balaban J connectivity index is 1.41. The van der Waals surface area contributed by atoms with Crippen molar-refractivity contribution in [3.8, 4) is 0 Å². The van der Waals surface area contributed by atoms with Crippen LogP contribution in [-0.4, -0.2) is 66.7 Å². The summed E-state index contributed by atoms with van der Waals surface area (Å²) in [6, 6.07) is 1.72. The summed E-state index contributed by atoms with van der Waals surface area (Å²) in [6.45, 7) is 6.53. The Bertz CT molecular complexity index is 1150. The maximum absolute atomic E-state index is 13.4. The second-order valence-electron chi connectivity index (χ2n) is 9.44. The molecule has 3 aliphatic rings. The van der Waals surface area contributed by atoms with Gasteiger partial charge >= 0.3 is 6.03 Å². The van der Waals surface area contributed by atoms with E-state index < -0.39 is 0 Å². The lowest BCUT2D eigenvalue weighted by atomic mass is 9.85. The first kappa shape index (κ1) is 20.7. The first-order valence-electron chi connectivity index (χ1n) is 11.2. The second kappa shape index (κ2) is 7.46. The van der Waals surface area contributed by atoms with Crippen LogP contribution in [0.2, 0.25) is 0 Å². The molecule has 0 saturated carbocycles. The Labute approximate surface area is 186 Å². The van der Waals surface area contributed by atoms with Gasteiger partial charge in [0.2, 0.25) is 0 Å². The summed E-state index contributed by atoms with van der Waals surface area (Å²) in [5.41, 5.74) is 1.60. The van der Waals surface area contributed by atoms with Gasteiger partial charge in [0, 0.05) is 57.3 Å². The van der Waals surface area contributed by atoms with Crippen molar-refractivity contribution in [2.45, 2.75) is 57.7 Å². The lowest BCUT2D eigenvalue weighted by Gasteiger charge is -2.30. The largest absolute Gasteiger partial charge is 0.336 e. The first-order chi connectivity index (χ1) is 15.3. The number of amides is 3. The third-order valence-corrected chi connectivity index (χ3v) is 6.98. The van der Waals surface area contributed by atoms with Crippen molar-refractivity contribution in [3.63, 3.8) is 0 Å². The van der Waals surface area contributed by atoms with Crippen LogP contribution in [0.15, 0.2) is 17.1 Å². The van der Waals surface area contributed by atoms with E-state index in [4.69, 9.17) is 4.98 Å². The van der Waals surface area contributed by atoms with Crippen LogP contribution < -0.4 is 10.9 Å². The van der Waals surface area contributed by atoms with Crippen molar-refractivity contribution in [2.75, 3.05) is 19.6 Å². The molecule has 0 unspecified atom stereocenters. The highest BCUT2D eigenvalue weighted by atomic mass is 16.2.